The van der Waals surface area contributed by atoms with Crippen LogP contribution in [0.15, 0.2) is 23.1 Å². The quantitative estimate of drug-likeness (QED) is 0.481. The molecule has 0 spiro atoms. The Morgan fingerprint density at radius 2 is 2.00 bits per heavy atom. The van der Waals surface area contributed by atoms with E-state index in [1.165, 1.54) is 26.0 Å². The van der Waals surface area contributed by atoms with E-state index >= 15 is 0 Å². The van der Waals surface area contributed by atoms with Gasteiger partial charge in [0, 0.05) is 13.0 Å². The van der Waals surface area contributed by atoms with Gasteiger partial charge in [0.15, 0.2) is 11.5 Å². The molecule has 2 amide bonds. The number of amides is 2. The van der Waals surface area contributed by atoms with Gasteiger partial charge in [-0.15, -0.1) is 0 Å². The number of carbonyl (C=O) groups is 3. The summed E-state index contributed by atoms with van der Waals surface area (Å²) in [5.74, 6) is -0.779. The first-order valence-electron chi connectivity index (χ1n) is 8.26. The van der Waals surface area contributed by atoms with Crippen molar-refractivity contribution in [1.82, 2.24) is 10.2 Å². The maximum absolute atomic E-state index is 12.6. The third-order valence-electron chi connectivity index (χ3n) is 3.89. The number of aliphatic carboxylic acids is 1. The van der Waals surface area contributed by atoms with Gasteiger partial charge in [-0.2, -0.15) is 0 Å². The van der Waals surface area contributed by atoms with Gasteiger partial charge >= 0.3 is 5.97 Å². The van der Waals surface area contributed by atoms with Gasteiger partial charge in [-0.25, -0.2) is 0 Å². The average Bonchev–Trinajstić information content (AvgIpc) is 2.92. The summed E-state index contributed by atoms with van der Waals surface area (Å²) in [6, 6.07) is 4.27. The number of hydrogen-bond donors (Lipinski definition) is 2. The number of methoxy groups -OCH3 is 2. The lowest BCUT2D eigenvalue weighted by atomic mass is 10.2. The highest BCUT2D eigenvalue weighted by Crippen LogP contribution is 2.34. The van der Waals surface area contributed by atoms with E-state index in [0.717, 1.165) is 17.3 Å². The zero-order chi connectivity index (χ0) is 20.8. The highest BCUT2D eigenvalue weighted by atomic mass is 32.2. The number of carbonyl (C=O) groups excluding carboxylic acids is 2. The van der Waals surface area contributed by atoms with Crippen LogP contribution in [0.3, 0.4) is 0 Å². The monoisotopic (exact) mass is 424 g/mol. The fourth-order valence-corrected chi connectivity index (χ4v) is 3.68. The molecular formula is C18H20N2O6S2. The zero-order valence-corrected chi connectivity index (χ0v) is 17.2. The second kappa shape index (κ2) is 9.56. The van der Waals surface area contributed by atoms with Crippen molar-refractivity contribution in [3.63, 3.8) is 0 Å². The van der Waals surface area contributed by atoms with Crippen molar-refractivity contribution in [2.75, 3.05) is 20.8 Å². The molecule has 10 heteroatoms. The van der Waals surface area contributed by atoms with Crippen LogP contribution in [-0.2, 0) is 14.4 Å². The number of carboxylic acid groups (broad SMARTS) is 1. The Morgan fingerprint density at radius 1 is 1.32 bits per heavy atom. The maximum Gasteiger partial charge on any atom is 0.325 e. The molecule has 8 nitrogen and oxygen atoms in total. The first kappa shape index (κ1) is 21.7. The van der Waals surface area contributed by atoms with Crippen LogP contribution in [0, 0.1) is 0 Å². The van der Waals surface area contributed by atoms with Gasteiger partial charge in [0.05, 0.1) is 19.1 Å². The van der Waals surface area contributed by atoms with E-state index in [-0.39, 0.29) is 18.9 Å². The molecule has 28 heavy (non-hydrogen) atoms. The largest absolute Gasteiger partial charge is 0.493 e. The SMILES string of the molecule is COc1ccc(C=C2SC(=S)N(CCC(=O)NC(C)C(=O)O)C2=O)cc1OC. The summed E-state index contributed by atoms with van der Waals surface area (Å²) in [7, 11) is 3.06. The second-order valence-corrected chi connectivity index (χ2v) is 7.50. The van der Waals surface area contributed by atoms with Gasteiger partial charge in [-0.05, 0) is 30.7 Å². The number of benzene rings is 1. The van der Waals surface area contributed by atoms with E-state index in [9.17, 15) is 14.4 Å². The molecule has 1 aromatic carbocycles. The van der Waals surface area contributed by atoms with Crippen LogP contribution in [0.1, 0.15) is 18.9 Å². The van der Waals surface area contributed by atoms with Crippen LogP contribution >= 0.6 is 24.0 Å². The van der Waals surface area contributed by atoms with E-state index in [4.69, 9.17) is 26.8 Å². The van der Waals surface area contributed by atoms with Crippen molar-refractivity contribution in [2.24, 2.45) is 0 Å². The maximum atomic E-state index is 12.6. The lowest BCUT2D eigenvalue weighted by Gasteiger charge is -2.15. The summed E-state index contributed by atoms with van der Waals surface area (Å²) in [4.78, 5) is 37.0. The third kappa shape index (κ3) is 5.23. The Morgan fingerprint density at radius 3 is 2.61 bits per heavy atom. The molecule has 1 atom stereocenters. The van der Waals surface area contributed by atoms with Gasteiger partial charge in [-0.3, -0.25) is 19.3 Å². The van der Waals surface area contributed by atoms with Crippen molar-refractivity contribution < 1.29 is 29.0 Å². The first-order chi connectivity index (χ1) is 13.3. The molecule has 2 rings (SSSR count). The summed E-state index contributed by atoms with van der Waals surface area (Å²) < 4.78 is 10.8. The lowest BCUT2D eigenvalue weighted by Crippen LogP contribution is -2.40. The molecule has 1 saturated heterocycles. The van der Waals surface area contributed by atoms with Gasteiger partial charge in [0.25, 0.3) is 5.91 Å². The fourth-order valence-electron chi connectivity index (χ4n) is 2.38. The summed E-state index contributed by atoms with van der Waals surface area (Å²) in [6.07, 6.45) is 1.64. The summed E-state index contributed by atoms with van der Waals surface area (Å²) >= 11 is 6.38. The Labute approximate surface area is 171 Å². The number of rotatable bonds is 8. The number of thioether (sulfide) groups is 1. The fraction of sp³-hybridized carbons (Fsp3) is 0.333. The molecule has 1 aromatic rings. The van der Waals surface area contributed by atoms with Crippen LogP contribution in [-0.4, -0.2) is 58.9 Å². The molecule has 0 aliphatic carbocycles. The van der Waals surface area contributed by atoms with Gasteiger partial charge in [-0.1, -0.05) is 30.0 Å². The standard InChI is InChI=1S/C18H20N2O6S2/c1-10(17(23)24)19-15(21)6-7-20-16(22)14(28-18(20)27)9-11-4-5-12(25-2)13(8-11)26-3/h4-5,8-10H,6-7H2,1-3H3,(H,19,21)(H,23,24). The number of carboxylic acids is 1. The van der Waals surface area contributed by atoms with Gasteiger partial charge in [0.2, 0.25) is 5.91 Å². The predicted octanol–water partition coefficient (Wildman–Crippen LogP) is 1.88. The molecule has 1 aliphatic heterocycles. The summed E-state index contributed by atoms with van der Waals surface area (Å²) in [5.41, 5.74) is 0.742. The van der Waals surface area contributed by atoms with E-state index in [0.29, 0.717) is 20.7 Å². The number of ether oxygens (including phenoxy) is 2. The van der Waals surface area contributed by atoms with Gasteiger partial charge in [0.1, 0.15) is 10.4 Å². The van der Waals surface area contributed by atoms with E-state index in [1.54, 1.807) is 24.3 Å². The molecule has 0 bridgehead atoms. The minimum absolute atomic E-state index is 0.0479. The molecule has 0 saturated carbocycles. The molecule has 0 radical (unpaired) electrons. The predicted molar refractivity (Wildman–Crippen MR) is 109 cm³/mol. The molecule has 2 N–H and O–H groups in total. The van der Waals surface area contributed by atoms with Crippen molar-refractivity contribution in [1.29, 1.82) is 0 Å². The summed E-state index contributed by atoms with van der Waals surface area (Å²) in [6.45, 7) is 1.44. The smallest absolute Gasteiger partial charge is 0.325 e. The van der Waals surface area contributed by atoms with E-state index < -0.39 is 17.9 Å². The van der Waals surface area contributed by atoms with Crippen molar-refractivity contribution in [3.8, 4) is 11.5 Å². The normalized spacial score (nSPS) is 16.2. The van der Waals surface area contributed by atoms with Crippen LogP contribution in [0.5, 0.6) is 11.5 Å². The Bertz CT molecular complexity index is 839. The number of nitrogens with zero attached hydrogens (tertiary/aromatic N) is 1. The molecule has 1 unspecified atom stereocenters. The molecule has 0 aromatic heterocycles. The van der Waals surface area contributed by atoms with Crippen LogP contribution in [0.2, 0.25) is 0 Å². The zero-order valence-electron chi connectivity index (χ0n) is 15.6. The number of nitrogens with one attached hydrogen (secondary N) is 1. The topological polar surface area (TPSA) is 105 Å². The highest BCUT2D eigenvalue weighted by molar-refractivity contribution is 8.26. The lowest BCUT2D eigenvalue weighted by molar-refractivity contribution is -0.141. The Balaban J connectivity index is 2.06. The van der Waals surface area contributed by atoms with Crippen molar-refractivity contribution >= 4 is 52.2 Å². The molecule has 1 aliphatic rings. The number of hydrogen-bond acceptors (Lipinski definition) is 7. The van der Waals surface area contributed by atoms with Crippen molar-refractivity contribution in [3.05, 3.63) is 28.7 Å². The molecule has 1 fully saturated rings. The van der Waals surface area contributed by atoms with Crippen LogP contribution in [0.4, 0.5) is 0 Å². The Kier molecular flexibility index (Phi) is 7.41. The van der Waals surface area contributed by atoms with E-state index in [2.05, 4.69) is 5.32 Å². The van der Waals surface area contributed by atoms with Crippen molar-refractivity contribution in [2.45, 2.75) is 19.4 Å². The average molecular weight is 425 g/mol. The van der Waals surface area contributed by atoms with Crippen LogP contribution < -0.4 is 14.8 Å². The molecule has 150 valence electrons. The Hall–Kier alpha value is -2.59. The molecule has 1 heterocycles. The van der Waals surface area contributed by atoms with Gasteiger partial charge < -0.3 is 19.9 Å². The van der Waals surface area contributed by atoms with Crippen LogP contribution in [0.25, 0.3) is 6.08 Å². The third-order valence-corrected chi connectivity index (χ3v) is 5.27. The van der Waals surface area contributed by atoms with E-state index in [1.807, 2.05) is 0 Å². The highest BCUT2D eigenvalue weighted by Gasteiger charge is 2.32. The first-order valence-corrected chi connectivity index (χ1v) is 9.48. The minimum Gasteiger partial charge on any atom is -0.493 e. The second-order valence-electron chi connectivity index (χ2n) is 5.83. The number of thiocarbonyl (C=S) groups is 1. The minimum atomic E-state index is -1.13. The molecular weight excluding hydrogens is 404 g/mol. The summed E-state index contributed by atoms with van der Waals surface area (Å²) in [5, 5.41) is 11.2.